The number of hydrogen-bond donors (Lipinski definition) is 3. The average Bonchev–Trinajstić information content (AvgIpc) is 2.45. The molecule has 0 aliphatic rings. The third-order valence-electron chi connectivity index (χ3n) is 2.89. The van der Waals surface area contributed by atoms with Crippen LogP contribution < -0.4 is 15.0 Å². The van der Waals surface area contributed by atoms with E-state index in [1.807, 2.05) is 0 Å². The van der Waals surface area contributed by atoms with Crippen molar-refractivity contribution in [2.24, 2.45) is 0 Å². The molecule has 0 saturated carbocycles. The molecular formula is C13H17F3N2O5S. The third kappa shape index (κ3) is 5.35. The van der Waals surface area contributed by atoms with Crippen LogP contribution >= 0.6 is 0 Å². The minimum atomic E-state index is -5.03. The van der Waals surface area contributed by atoms with Crippen LogP contribution in [0.15, 0.2) is 29.2 Å². The van der Waals surface area contributed by atoms with E-state index in [9.17, 15) is 31.5 Å². The Hall–Kier alpha value is -1.85. The number of ether oxygens (including phenoxy) is 1. The van der Waals surface area contributed by atoms with Gasteiger partial charge in [0, 0.05) is 0 Å². The lowest BCUT2D eigenvalue weighted by atomic mass is 10.0. The summed E-state index contributed by atoms with van der Waals surface area (Å²) in [7, 11) is -4.18. The molecule has 136 valence electrons. The van der Waals surface area contributed by atoms with Gasteiger partial charge < -0.3 is 9.84 Å². The number of aliphatic hydroxyl groups is 1. The van der Waals surface area contributed by atoms with Crippen molar-refractivity contribution in [3.8, 4) is 5.75 Å². The molecule has 1 aromatic carbocycles. The summed E-state index contributed by atoms with van der Waals surface area (Å²) in [5, 5.41) is 9.17. The van der Waals surface area contributed by atoms with Crippen LogP contribution in [0.2, 0.25) is 0 Å². The Bertz CT molecular complexity index is 672. The molecule has 3 N–H and O–H groups in total. The van der Waals surface area contributed by atoms with E-state index >= 15 is 0 Å². The first-order valence-corrected chi connectivity index (χ1v) is 8.20. The number of hydrazine groups is 1. The summed E-state index contributed by atoms with van der Waals surface area (Å²) in [6.45, 7) is 2.55. The highest BCUT2D eigenvalue weighted by molar-refractivity contribution is 7.89. The molecular weight excluding hydrogens is 353 g/mol. The van der Waals surface area contributed by atoms with Crippen molar-refractivity contribution in [2.75, 3.05) is 6.61 Å². The molecule has 11 heteroatoms. The second kappa shape index (κ2) is 7.36. The summed E-state index contributed by atoms with van der Waals surface area (Å²) in [4.78, 5) is 12.8. The number of carbonyl (C=O) groups is 1. The molecule has 0 aliphatic carbocycles. The Morgan fingerprint density at radius 2 is 1.79 bits per heavy atom. The maximum atomic E-state index is 12.5. The molecule has 1 aromatic rings. The average molecular weight is 370 g/mol. The molecule has 7 nitrogen and oxygen atoms in total. The number of halogens is 3. The molecule has 0 bridgehead atoms. The van der Waals surface area contributed by atoms with Crippen molar-refractivity contribution in [3.05, 3.63) is 24.3 Å². The predicted octanol–water partition coefficient (Wildman–Crippen LogP) is 1.10. The standard InChI is InChI=1S/C13H17F3N2O5S/c1-3-23-9-4-6-10(7-5-9)24(21,22)18-17-11(19)8-12(2,20)13(14,15)16/h4-7,18,20H,3,8H2,1-2H3,(H,17,19)/t12-/m0/s1. The number of carbonyl (C=O) groups excluding carboxylic acids is 1. The van der Waals surface area contributed by atoms with Gasteiger partial charge in [-0.2, -0.15) is 13.2 Å². The first kappa shape index (κ1) is 20.2. The topological polar surface area (TPSA) is 105 Å². The normalized spacial score (nSPS) is 14.8. The van der Waals surface area contributed by atoms with E-state index in [2.05, 4.69) is 0 Å². The maximum absolute atomic E-state index is 12.5. The first-order valence-electron chi connectivity index (χ1n) is 6.71. The second-order valence-corrected chi connectivity index (χ2v) is 6.69. The number of nitrogens with one attached hydrogen (secondary N) is 2. The number of hydrogen-bond acceptors (Lipinski definition) is 5. The minimum absolute atomic E-state index is 0.228. The van der Waals surface area contributed by atoms with Gasteiger partial charge in [-0.05, 0) is 38.1 Å². The molecule has 0 spiro atoms. The van der Waals surface area contributed by atoms with E-state index in [-0.39, 0.29) is 4.90 Å². The molecule has 0 radical (unpaired) electrons. The summed E-state index contributed by atoms with van der Waals surface area (Å²) >= 11 is 0. The van der Waals surface area contributed by atoms with E-state index in [4.69, 9.17) is 4.74 Å². The Morgan fingerprint density at radius 1 is 1.25 bits per heavy atom. The monoisotopic (exact) mass is 370 g/mol. The fraction of sp³-hybridized carbons (Fsp3) is 0.462. The number of benzene rings is 1. The molecule has 1 rings (SSSR count). The van der Waals surface area contributed by atoms with E-state index in [1.54, 1.807) is 17.2 Å². The summed E-state index contributed by atoms with van der Waals surface area (Å²) in [6.07, 6.45) is -6.39. The highest BCUT2D eigenvalue weighted by Crippen LogP contribution is 2.32. The highest BCUT2D eigenvalue weighted by Gasteiger charge is 2.51. The summed E-state index contributed by atoms with van der Waals surface area (Å²) < 4.78 is 66.3. The van der Waals surface area contributed by atoms with Crippen molar-refractivity contribution in [1.82, 2.24) is 10.3 Å². The number of alkyl halides is 3. The smallest absolute Gasteiger partial charge is 0.417 e. The minimum Gasteiger partial charge on any atom is -0.494 e. The van der Waals surface area contributed by atoms with Crippen LogP contribution in [0, 0.1) is 0 Å². The van der Waals surface area contributed by atoms with E-state index in [0.717, 1.165) is 0 Å². The van der Waals surface area contributed by atoms with Crippen LogP contribution in [-0.4, -0.2) is 37.8 Å². The van der Waals surface area contributed by atoms with Crippen LogP contribution in [0.1, 0.15) is 20.3 Å². The predicted molar refractivity (Wildman–Crippen MR) is 77.4 cm³/mol. The Morgan fingerprint density at radius 3 is 2.25 bits per heavy atom. The summed E-state index contributed by atoms with van der Waals surface area (Å²) in [5.74, 6) is -0.909. The van der Waals surface area contributed by atoms with Gasteiger partial charge in [-0.1, -0.05) is 0 Å². The summed E-state index contributed by atoms with van der Waals surface area (Å²) in [5.41, 5.74) is -1.65. The molecule has 0 aliphatic heterocycles. The lowest BCUT2D eigenvalue weighted by Crippen LogP contribution is -2.49. The van der Waals surface area contributed by atoms with Crippen LogP contribution in [0.5, 0.6) is 5.75 Å². The fourth-order valence-electron chi connectivity index (χ4n) is 1.52. The van der Waals surface area contributed by atoms with Gasteiger partial charge in [0.2, 0.25) is 5.91 Å². The zero-order valence-electron chi connectivity index (χ0n) is 12.8. The molecule has 24 heavy (non-hydrogen) atoms. The molecule has 0 unspecified atom stereocenters. The number of amides is 1. The van der Waals surface area contributed by atoms with Gasteiger partial charge in [-0.15, -0.1) is 4.83 Å². The van der Waals surface area contributed by atoms with E-state index in [0.29, 0.717) is 19.3 Å². The zero-order valence-corrected chi connectivity index (χ0v) is 13.7. The van der Waals surface area contributed by atoms with Crippen molar-refractivity contribution < 1.29 is 36.2 Å². The van der Waals surface area contributed by atoms with E-state index in [1.165, 1.54) is 24.3 Å². The molecule has 1 atom stereocenters. The Labute approximate surface area is 136 Å². The van der Waals surface area contributed by atoms with Crippen LogP contribution in [0.4, 0.5) is 13.2 Å². The Kier molecular flexibility index (Phi) is 6.20. The molecule has 1 amide bonds. The fourth-order valence-corrected chi connectivity index (χ4v) is 2.38. The van der Waals surface area contributed by atoms with Gasteiger partial charge in [0.1, 0.15) is 5.75 Å². The Balaban J connectivity index is 2.70. The van der Waals surface area contributed by atoms with Crippen molar-refractivity contribution in [2.45, 2.75) is 36.9 Å². The lowest BCUT2D eigenvalue weighted by molar-refractivity contribution is -0.253. The van der Waals surface area contributed by atoms with E-state index < -0.39 is 34.1 Å². The van der Waals surface area contributed by atoms with Gasteiger partial charge in [0.25, 0.3) is 10.0 Å². The number of rotatable bonds is 7. The number of sulfonamides is 1. The van der Waals surface area contributed by atoms with Gasteiger partial charge in [-0.25, -0.2) is 8.42 Å². The second-order valence-electron chi connectivity index (χ2n) is 5.01. The van der Waals surface area contributed by atoms with Gasteiger partial charge in [0.15, 0.2) is 5.60 Å². The largest absolute Gasteiger partial charge is 0.494 e. The van der Waals surface area contributed by atoms with Crippen LogP contribution in [0.3, 0.4) is 0 Å². The third-order valence-corrected chi connectivity index (χ3v) is 4.15. The van der Waals surface area contributed by atoms with Gasteiger partial charge in [-0.3, -0.25) is 10.2 Å². The van der Waals surface area contributed by atoms with Crippen molar-refractivity contribution >= 4 is 15.9 Å². The van der Waals surface area contributed by atoms with Crippen LogP contribution in [0.25, 0.3) is 0 Å². The maximum Gasteiger partial charge on any atom is 0.417 e. The van der Waals surface area contributed by atoms with Crippen molar-refractivity contribution in [3.63, 3.8) is 0 Å². The quantitative estimate of drug-likeness (QED) is 0.624. The molecule has 0 fully saturated rings. The molecule has 0 heterocycles. The zero-order chi connectivity index (χ0) is 18.6. The van der Waals surface area contributed by atoms with Gasteiger partial charge >= 0.3 is 6.18 Å². The molecule has 0 saturated heterocycles. The summed E-state index contributed by atoms with van der Waals surface area (Å²) in [6, 6.07) is 5.17. The van der Waals surface area contributed by atoms with Gasteiger partial charge in [0.05, 0.1) is 17.9 Å². The SMILES string of the molecule is CCOc1ccc(S(=O)(=O)NNC(=O)C[C@](C)(O)C(F)(F)F)cc1. The van der Waals surface area contributed by atoms with Crippen molar-refractivity contribution in [1.29, 1.82) is 0 Å². The first-order chi connectivity index (χ1) is 10.9. The van der Waals surface area contributed by atoms with Crippen LogP contribution in [-0.2, 0) is 14.8 Å². The lowest BCUT2D eigenvalue weighted by Gasteiger charge is -2.25. The highest BCUT2D eigenvalue weighted by atomic mass is 32.2. The molecule has 0 aromatic heterocycles.